The van der Waals surface area contributed by atoms with Gasteiger partial charge >= 0.3 is 0 Å². The maximum Gasteiger partial charge on any atom is 0.227 e. The lowest BCUT2D eigenvalue weighted by molar-refractivity contribution is 0.0694. The number of imidazole rings is 1. The van der Waals surface area contributed by atoms with Crippen LogP contribution in [0.3, 0.4) is 0 Å². The van der Waals surface area contributed by atoms with Crippen LogP contribution in [-0.2, 0) is 4.74 Å². The summed E-state index contributed by atoms with van der Waals surface area (Å²) in [6.07, 6.45) is 6.84. The molecule has 0 spiro atoms. The number of pyridine rings is 1. The van der Waals surface area contributed by atoms with E-state index in [1.165, 1.54) is 6.20 Å². The Morgan fingerprint density at radius 1 is 1.09 bits per heavy atom. The second-order valence-corrected chi connectivity index (χ2v) is 8.05. The van der Waals surface area contributed by atoms with Gasteiger partial charge in [0.1, 0.15) is 17.2 Å². The normalized spacial score (nSPS) is 14.2. The highest BCUT2D eigenvalue weighted by Gasteiger charge is 2.23. The molecular weight excluding hydrogens is 435 g/mol. The Bertz CT molecular complexity index is 1320. The van der Waals surface area contributed by atoms with E-state index in [0.29, 0.717) is 24.6 Å². The van der Waals surface area contributed by atoms with E-state index < -0.39 is 5.82 Å². The number of rotatable bonds is 6. The number of carbonyl (C=O) groups excluding carboxylic acids is 1. The van der Waals surface area contributed by atoms with Gasteiger partial charge in [-0.3, -0.25) is 9.78 Å². The number of aryl methyl sites for hydroxylation is 1. The molecule has 9 heteroatoms. The van der Waals surface area contributed by atoms with Crippen molar-refractivity contribution in [1.29, 1.82) is 0 Å². The highest BCUT2D eigenvalue weighted by Crippen LogP contribution is 2.31. The molecule has 4 heterocycles. The number of aldehydes is 1. The highest BCUT2D eigenvalue weighted by molar-refractivity contribution is 5.85. The van der Waals surface area contributed by atoms with Crippen LogP contribution < -0.4 is 5.32 Å². The zero-order valence-electron chi connectivity index (χ0n) is 18.6. The number of benzene rings is 1. The predicted octanol–water partition coefficient (Wildman–Crippen LogP) is 4.76. The number of anilines is 2. The quantitative estimate of drug-likeness (QED) is 0.416. The van der Waals surface area contributed by atoms with E-state index >= 15 is 0 Å². The Kier molecular flexibility index (Phi) is 6.09. The molecule has 1 aliphatic heterocycles. The number of halogens is 1. The summed E-state index contributed by atoms with van der Waals surface area (Å²) in [5.41, 5.74) is 3.55. The molecule has 0 radical (unpaired) electrons. The van der Waals surface area contributed by atoms with Gasteiger partial charge in [-0.1, -0.05) is 18.2 Å². The van der Waals surface area contributed by atoms with Crippen LogP contribution in [0.5, 0.6) is 0 Å². The first-order valence-electron chi connectivity index (χ1n) is 11.1. The average molecular weight is 458 g/mol. The van der Waals surface area contributed by atoms with Crippen LogP contribution in [0.2, 0.25) is 0 Å². The summed E-state index contributed by atoms with van der Waals surface area (Å²) in [5.74, 6) is 0.582. The minimum Gasteiger partial charge on any atom is -0.381 e. The van der Waals surface area contributed by atoms with Crippen LogP contribution in [-0.4, -0.2) is 44.0 Å². The average Bonchev–Trinajstić information content (AvgIpc) is 3.27. The van der Waals surface area contributed by atoms with Gasteiger partial charge in [0.05, 0.1) is 18.1 Å². The zero-order chi connectivity index (χ0) is 23.5. The smallest absolute Gasteiger partial charge is 0.227 e. The van der Waals surface area contributed by atoms with Gasteiger partial charge in [-0.25, -0.2) is 19.3 Å². The molecule has 1 fully saturated rings. The highest BCUT2D eigenvalue weighted by atomic mass is 19.1. The topological polar surface area (TPSA) is 94.8 Å². The number of nitrogens with one attached hydrogen (secondary N) is 1. The van der Waals surface area contributed by atoms with Crippen molar-refractivity contribution in [3.63, 3.8) is 0 Å². The molecule has 1 N–H and O–H groups in total. The zero-order valence-corrected chi connectivity index (χ0v) is 18.6. The number of ether oxygens (including phenoxy) is 1. The van der Waals surface area contributed by atoms with Gasteiger partial charge in [0.15, 0.2) is 12.1 Å². The van der Waals surface area contributed by atoms with Crippen molar-refractivity contribution in [3.05, 3.63) is 72.3 Å². The fourth-order valence-corrected chi connectivity index (χ4v) is 4.26. The molecule has 0 amide bonds. The number of hydrogen-bond donors (Lipinski definition) is 1. The van der Waals surface area contributed by atoms with Crippen molar-refractivity contribution in [3.8, 4) is 22.5 Å². The van der Waals surface area contributed by atoms with Gasteiger partial charge in [-0.05, 0) is 43.5 Å². The summed E-state index contributed by atoms with van der Waals surface area (Å²) in [7, 11) is 0. The third-order valence-electron chi connectivity index (χ3n) is 5.93. The van der Waals surface area contributed by atoms with Crippen molar-refractivity contribution >= 4 is 17.9 Å². The summed E-state index contributed by atoms with van der Waals surface area (Å²) in [5, 5.41) is 3.13. The lowest BCUT2D eigenvalue weighted by Gasteiger charge is -2.26. The van der Waals surface area contributed by atoms with E-state index in [1.54, 1.807) is 18.5 Å². The van der Waals surface area contributed by atoms with E-state index in [0.717, 1.165) is 41.8 Å². The Morgan fingerprint density at radius 2 is 1.88 bits per heavy atom. The fraction of sp³-hybridized carbons (Fsp3) is 0.240. The van der Waals surface area contributed by atoms with Crippen LogP contribution >= 0.6 is 0 Å². The Balaban J connectivity index is 1.42. The third kappa shape index (κ3) is 4.29. The molecule has 3 aromatic heterocycles. The van der Waals surface area contributed by atoms with E-state index in [-0.39, 0.29) is 17.7 Å². The number of aromatic nitrogens is 5. The SMILES string of the molecule is Cc1ncc(-c2nc(Nc3ccc(-c4cccnc4C=O)cc3)ncc2F)n1C1CCOCC1. The Hall–Kier alpha value is -3.98. The maximum atomic E-state index is 14.8. The molecule has 5 rings (SSSR count). The van der Waals surface area contributed by atoms with Gasteiger partial charge in [0.2, 0.25) is 5.95 Å². The first-order chi connectivity index (χ1) is 16.6. The molecule has 8 nitrogen and oxygen atoms in total. The summed E-state index contributed by atoms with van der Waals surface area (Å²) in [6.45, 7) is 3.26. The van der Waals surface area contributed by atoms with Crippen LogP contribution in [0.25, 0.3) is 22.5 Å². The number of nitrogens with zero attached hydrogens (tertiary/aromatic N) is 5. The molecule has 172 valence electrons. The van der Waals surface area contributed by atoms with Crippen molar-refractivity contribution in [1.82, 2.24) is 24.5 Å². The van der Waals surface area contributed by atoms with Gasteiger partial charge in [0.25, 0.3) is 0 Å². The van der Waals surface area contributed by atoms with Gasteiger partial charge in [0, 0.05) is 36.7 Å². The standard InChI is InChI=1S/C25H23FN6O2/c1-16-28-14-23(32(16)19-8-11-34-12-9-19)24-21(26)13-29-25(31-24)30-18-6-4-17(5-7-18)20-3-2-10-27-22(20)15-33/h2-7,10,13-15,19H,8-9,11-12H2,1H3,(H,29,30,31). The van der Waals surface area contributed by atoms with E-state index in [2.05, 4.69) is 25.3 Å². The maximum absolute atomic E-state index is 14.8. The minimum absolute atomic E-state index is 0.188. The second kappa shape index (κ2) is 9.48. The van der Waals surface area contributed by atoms with Crippen LogP contribution in [0, 0.1) is 12.7 Å². The first kappa shape index (κ1) is 21.8. The van der Waals surface area contributed by atoms with Crippen molar-refractivity contribution in [2.24, 2.45) is 0 Å². The summed E-state index contributed by atoms with van der Waals surface area (Å²) in [4.78, 5) is 28.4. The molecule has 0 atom stereocenters. The molecule has 1 aromatic carbocycles. The van der Waals surface area contributed by atoms with Gasteiger partial charge in [-0.15, -0.1) is 0 Å². The second-order valence-electron chi connectivity index (χ2n) is 8.05. The molecular formula is C25H23FN6O2. The molecule has 34 heavy (non-hydrogen) atoms. The van der Waals surface area contributed by atoms with Crippen LogP contribution in [0.4, 0.5) is 16.0 Å². The molecule has 0 unspecified atom stereocenters. The Morgan fingerprint density at radius 3 is 2.65 bits per heavy atom. The van der Waals surface area contributed by atoms with E-state index in [9.17, 15) is 9.18 Å². The van der Waals surface area contributed by atoms with E-state index in [4.69, 9.17) is 4.74 Å². The van der Waals surface area contributed by atoms with Gasteiger partial charge < -0.3 is 14.6 Å². The summed E-state index contributed by atoms with van der Waals surface area (Å²) in [6, 6.07) is 11.3. The minimum atomic E-state index is -0.507. The molecule has 1 saturated heterocycles. The lowest BCUT2D eigenvalue weighted by atomic mass is 10.0. The van der Waals surface area contributed by atoms with E-state index in [1.807, 2.05) is 41.8 Å². The lowest BCUT2D eigenvalue weighted by Crippen LogP contribution is -2.21. The molecule has 1 aliphatic rings. The monoisotopic (exact) mass is 458 g/mol. The van der Waals surface area contributed by atoms with Crippen LogP contribution in [0.1, 0.15) is 35.2 Å². The third-order valence-corrected chi connectivity index (χ3v) is 5.93. The molecule has 0 aliphatic carbocycles. The molecule has 4 aromatic rings. The van der Waals surface area contributed by atoms with Crippen molar-refractivity contribution in [2.45, 2.75) is 25.8 Å². The number of hydrogen-bond acceptors (Lipinski definition) is 7. The Labute approximate surface area is 195 Å². The van der Waals surface area contributed by atoms with Gasteiger partial charge in [-0.2, -0.15) is 0 Å². The van der Waals surface area contributed by atoms with Crippen molar-refractivity contribution < 1.29 is 13.9 Å². The molecule has 0 bridgehead atoms. The predicted molar refractivity (Wildman–Crippen MR) is 125 cm³/mol. The van der Waals surface area contributed by atoms with Crippen LogP contribution in [0.15, 0.2) is 55.0 Å². The summed E-state index contributed by atoms with van der Waals surface area (Å²) >= 11 is 0. The molecule has 0 saturated carbocycles. The summed E-state index contributed by atoms with van der Waals surface area (Å²) < 4.78 is 22.3. The van der Waals surface area contributed by atoms with Crippen molar-refractivity contribution in [2.75, 3.05) is 18.5 Å². The largest absolute Gasteiger partial charge is 0.381 e. The first-order valence-corrected chi connectivity index (χ1v) is 11.1. The fourth-order valence-electron chi connectivity index (χ4n) is 4.26. The number of carbonyl (C=O) groups is 1.